The number of fused-ring (bicyclic) bond motifs is 3. The summed E-state index contributed by atoms with van der Waals surface area (Å²) in [5.74, 6) is 2.23. The van der Waals surface area contributed by atoms with Gasteiger partial charge in [-0.15, -0.1) is 0 Å². The third-order valence-corrected chi connectivity index (χ3v) is 8.50. The van der Waals surface area contributed by atoms with Gasteiger partial charge in [-0.05, 0) is 37.0 Å². The van der Waals surface area contributed by atoms with Crippen molar-refractivity contribution in [2.75, 3.05) is 32.9 Å². The smallest absolute Gasteiger partial charge is 0.255 e. The molecular formula is C30H34FN7O3. The number of alkyl halides is 1. The largest absolute Gasteiger partial charge is 0.491 e. The number of nitrogens with one attached hydrogen (secondary N) is 1. The molecule has 5 heterocycles. The van der Waals surface area contributed by atoms with Crippen LogP contribution in [0.5, 0.6) is 5.75 Å². The molecule has 3 N–H and O–H groups in total. The molecule has 1 unspecified atom stereocenters. The number of ether oxygens (including phenoxy) is 1. The molecule has 2 atom stereocenters. The zero-order valence-electron chi connectivity index (χ0n) is 23.1. The van der Waals surface area contributed by atoms with Gasteiger partial charge in [-0.1, -0.05) is 12.1 Å². The number of hydrogen-bond acceptors (Lipinski definition) is 6. The van der Waals surface area contributed by atoms with E-state index in [4.69, 9.17) is 20.4 Å². The Morgan fingerprint density at radius 1 is 1.20 bits per heavy atom. The molecule has 1 saturated carbocycles. The molecule has 7 rings (SSSR count). The van der Waals surface area contributed by atoms with Crippen molar-refractivity contribution in [3.8, 4) is 17.3 Å². The van der Waals surface area contributed by atoms with E-state index >= 15 is 0 Å². The number of rotatable bonds is 9. The summed E-state index contributed by atoms with van der Waals surface area (Å²) < 4.78 is 23.7. The van der Waals surface area contributed by atoms with Crippen LogP contribution >= 0.6 is 0 Å². The summed E-state index contributed by atoms with van der Waals surface area (Å²) >= 11 is 0. The van der Waals surface area contributed by atoms with E-state index in [2.05, 4.69) is 22.0 Å². The average Bonchev–Trinajstić information content (AvgIpc) is 3.45. The second-order valence-electron chi connectivity index (χ2n) is 11.7. The first kappa shape index (κ1) is 25.9. The lowest BCUT2D eigenvalue weighted by Gasteiger charge is -2.29. The Kier molecular flexibility index (Phi) is 6.41. The number of amides is 2. The van der Waals surface area contributed by atoms with E-state index in [0.29, 0.717) is 49.5 Å². The first-order valence-corrected chi connectivity index (χ1v) is 14.4. The minimum absolute atomic E-state index is 0.0751. The van der Waals surface area contributed by atoms with Gasteiger partial charge in [0.05, 0.1) is 35.1 Å². The highest BCUT2D eigenvalue weighted by Crippen LogP contribution is 2.39. The second-order valence-corrected chi connectivity index (χ2v) is 11.7. The van der Waals surface area contributed by atoms with Crippen LogP contribution in [-0.2, 0) is 24.8 Å². The predicted octanol–water partition coefficient (Wildman–Crippen LogP) is 2.81. The summed E-state index contributed by atoms with van der Waals surface area (Å²) in [6, 6.07) is 9.35. The van der Waals surface area contributed by atoms with Crippen LogP contribution in [0.4, 0.5) is 4.39 Å². The maximum absolute atomic E-state index is 13.2. The van der Waals surface area contributed by atoms with Gasteiger partial charge < -0.3 is 29.8 Å². The third kappa shape index (κ3) is 4.71. The molecule has 2 aliphatic heterocycles. The summed E-state index contributed by atoms with van der Waals surface area (Å²) in [6.07, 6.45) is 3.46. The highest BCUT2D eigenvalue weighted by molar-refractivity contribution is 5.99. The van der Waals surface area contributed by atoms with Crippen LogP contribution in [0.15, 0.2) is 30.3 Å². The fraction of sp³-hybridized carbons (Fsp3) is 0.467. The molecule has 0 bridgehead atoms. The van der Waals surface area contributed by atoms with E-state index in [1.54, 1.807) is 4.90 Å². The van der Waals surface area contributed by atoms with Crippen LogP contribution in [0, 0.1) is 11.8 Å². The van der Waals surface area contributed by atoms with Gasteiger partial charge >= 0.3 is 0 Å². The normalized spacial score (nSPS) is 19.7. The molecule has 3 aliphatic rings. The maximum atomic E-state index is 13.2. The molecular weight excluding hydrogens is 525 g/mol. The van der Waals surface area contributed by atoms with Crippen molar-refractivity contribution >= 4 is 33.9 Å². The van der Waals surface area contributed by atoms with Crippen molar-refractivity contribution < 1.29 is 18.7 Å². The van der Waals surface area contributed by atoms with Gasteiger partial charge in [0.25, 0.3) is 5.91 Å². The molecule has 0 radical (unpaired) electrons. The molecule has 214 valence electrons. The van der Waals surface area contributed by atoms with Crippen molar-refractivity contribution in [3.63, 3.8) is 0 Å². The van der Waals surface area contributed by atoms with Crippen LogP contribution in [0.2, 0.25) is 0 Å². The summed E-state index contributed by atoms with van der Waals surface area (Å²) in [4.78, 5) is 36.4. The lowest BCUT2D eigenvalue weighted by Crippen LogP contribution is -2.45. The van der Waals surface area contributed by atoms with Crippen molar-refractivity contribution in [2.45, 2.75) is 38.3 Å². The van der Waals surface area contributed by atoms with Crippen LogP contribution in [0.3, 0.4) is 0 Å². The topological polar surface area (TPSA) is 120 Å². The van der Waals surface area contributed by atoms with E-state index in [1.807, 2.05) is 29.8 Å². The number of carbonyl (C=O) groups excluding carboxylic acids is 2. The molecule has 4 aromatic rings. The minimum atomic E-state index is -0.696. The fourth-order valence-electron chi connectivity index (χ4n) is 6.10. The lowest BCUT2D eigenvalue weighted by molar-refractivity contribution is -0.119. The predicted molar refractivity (Wildman–Crippen MR) is 152 cm³/mol. The molecule has 10 nitrogen and oxygen atoms in total. The van der Waals surface area contributed by atoms with Gasteiger partial charge in [0, 0.05) is 57.4 Å². The third-order valence-electron chi connectivity index (χ3n) is 8.50. The maximum Gasteiger partial charge on any atom is 0.255 e. The molecule has 41 heavy (non-hydrogen) atoms. The van der Waals surface area contributed by atoms with Crippen LogP contribution in [0.25, 0.3) is 33.6 Å². The summed E-state index contributed by atoms with van der Waals surface area (Å²) in [6.45, 7) is 1.95. The van der Waals surface area contributed by atoms with Crippen molar-refractivity contribution in [1.29, 1.82) is 0 Å². The Morgan fingerprint density at radius 3 is 2.80 bits per heavy atom. The zero-order chi connectivity index (χ0) is 28.2. The number of nitrogens with two attached hydrogens (primary N) is 1. The van der Waals surface area contributed by atoms with E-state index < -0.39 is 12.7 Å². The molecule has 2 amide bonds. The summed E-state index contributed by atoms with van der Waals surface area (Å²) in [5.41, 5.74) is 10.4. The Balaban J connectivity index is 1.28. The number of nitrogens with zero attached hydrogens (tertiary/aromatic N) is 5. The fourth-order valence-corrected chi connectivity index (χ4v) is 6.10. The number of para-hydroxylation sites is 1. The number of carbonyl (C=O) groups is 2. The Morgan fingerprint density at radius 2 is 2.05 bits per heavy atom. The van der Waals surface area contributed by atoms with E-state index in [9.17, 15) is 14.0 Å². The van der Waals surface area contributed by atoms with E-state index in [-0.39, 0.29) is 24.3 Å². The SMILES string of the molecule is Cn1c(-c2cc3cccc(OC[C@H]4CNC(=O)C4)c3n2CC2CC2)nc2cc3c(nc21)CCN(CC(N)CF)C3=O. The van der Waals surface area contributed by atoms with Crippen LogP contribution in [-0.4, -0.2) is 74.8 Å². The first-order valence-electron chi connectivity index (χ1n) is 14.4. The van der Waals surface area contributed by atoms with Crippen LogP contribution in [0.1, 0.15) is 35.3 Å². The molecule has 3 aromatic heterocycles. The lowest BCUT2D eigenvalue weighted by atomic mass is 10.0. The highest BCUT2D eigenvalue weighted by Gasteiger charge is 2.30. The Labute approximate surface area is 236 Å². The molecule has 0 spiro atoms. The number of benzene rings is 1. The zero-order valence-corrected chi connectivity index (χ0v) is 23.1. The number of aromatic nitrogens is 4. The number of halogens is 1. The summed E-state index contributed by atoms with van der Waals surface area (Å²) in [5, 5.41) is 3.95. The van der Waals surface area contributed by atoms with Gasteiger partial charge in [0.1, 0.15) is 17.9 Å². The van der Waals surface area contributed by atoms with E-state index in [0.717, 1.165) is 46.1 Å². The molecule has 1 saturated heterocycles. The van der Waals surface area contributed by atoms with Gasteiger partial charge in [-0.3, -0.25) is 9.59 Å². The Bertz CT molecular complexity index is 1670. The first-order chi connectivity index (χ1) is 19.9. The summed E-state index contributed by atoms with van der Waals surface area (Å²) in [7, 11) is 1.96. The number of imidazole rings is 1. The van der Waals surface area contributed by atoms with Gasteiger partial charge in [0.2, 0.25) is 5.91 Å². The van der Waals surface area contributed by atoms with Gasteiger partial charge in [-0.25, -0.2) is 14.4 Å². The highest BCUT2D eigenvalue weighted by atomic mass is 19.1. The quantitative estimate of drug-likeness (QED) is 0.326. The monoisotopic (exact) mass is 559 g/mol. The standard InChI is InChI=1S/C30H34FN7O3/c1-36-28-23(11-21-22(34-28)7-8-37(30(21)40)15-20(32)12-31)35-29(36)24-10-19-3-2-4-25(27(19)38(24)14-17-5-6-17)41-16-18-9-26(39)33-13-18/h2-4,10-11,17-18,20H,5-9,12-16,32H2,1H3,(H,33,39)/t18-,20?/m1/s1. The van der Waals surface area contributed by atoms with Gasteiger partial charge in [0.15, 0.2) is 11.5 Å². The molecule has 1 aromatic carbocycles. The molecule has 2 fully saturated rings. The van der Waals surface area contributed by atoms with Gasteiger partial charge in [-0.2, -0.15) is 0 Å². The molecule has 1 aliphatic carbocycles. The van der Waals surface area contributed by atoms with Crippen molar-refractivity contribution in [3.05, 3.63) is 41.6 Å². The Hall–Kier alpha value is -3.99. The number of aryl methyl sites for hydroxylation is 1. The average molecular weight is 560 g/mol. The number of pyridine rings is 1. The second kappa shape index (κ2) is 10.1. The minimum Gasteiger partial charge on any atom is -0.491 e. The molecule has 11 heteroatoms. The number of hydrogen-bond donors (Lipinski definition) is 2. The van der Waals surface area contributed by atoms with E-state index in [1.165, 1.54) is 12.8 Å². The van der Waals surface area contributed by atoms with Crippen molar-refractivity contribution in [1.82, 2.24) is 29.3 Å². The van der Waals surface area contributed by atoms with Crippen LogP contribution < -0.4 is 15.8 Å². The van der Waals surface area contributed by atoms with Crippen molar-refractivity contribution in [2.24, 2.45) is 24.6 Å².